The Labute approximate surface area is 97.4 Å². The van der Waals surface area contributed by atoms with Crippen molar-refractivity contribution in [2.75, 3.05) is 19.6 Å². The van der Waals surface area contributed by atoms with Crippen molar-refractivity contribution >= 4 is 5.91 Å². The van der Waals surface area contributed by atoms with Crippen molar-refractivity contribution in [2.45, 2.75) is 39.0 Å². The summed E-state index contributed by atoms with van der Waals surface area (Å²) in [5.41, 5.74) is -0.185. The van der Waals surface area contributed by atoms with Gasteiger partial charge in [-0.05, 0) is 32.4 Å². The Bertz CT molecular complexity index is 258. The highest BCUT2D eigenvalue weighted by Crippen LogP contribution is 2.34. The molecule has 1 fully saturated rings. The first-order valence-corrected chi connectivity index (χ1v) is 6.11. The number of nitrogens with zero attached hydrogens (tertiary/aromatic N) is 1. The van der Waals surface area contributed by atoms with Crippen molar-refractivity contribution in [3.63, 3.8) is 0 Å². The van der Waals surface area contributed by atoms with Crippen LogP contribution in [0.1, 0.15) is 39.0 Å². The van der Waals surface area contributed by atoms with Crippen LogP contribution < -0.4 is 10.6 Å². The third-order valence-corrected chi connectivity index (χ3v) is 3.29. The molecular formula is C12H21N3O. The Morgan fingerprint density at radius 2 is 2.19 bits per heavy atom. The summed E-state index contributed by atoms with van der Waals surface area (Å²) in [6.45, 7) is 4.44. The minimum atomic E-state index is -0.185. The molecule has 1 heterocycles. The molecule has 90 valence electrons. The maximum Gasteiger partial charge on any atom is 0.226 e. The van der Waals surface area contributed by atoms with Crippen LogP contribution in [0.15, 0.2) is 0 Å². The van der Waals surface area contributed by atoms with E-state index in [-0.39, 0.29) is 11.3 Å². The number of hydrogen-bond acceptors (Lipinski definition) is 3. The highest BCUT2D eigenvalue weighted by molar-refractivity contribution is 5.82. The molecule has 0 spiro atoms. The second-order valence-electron chi connectivity index (χ2n) is 4.44. The second kappa shape index (κ2) is 6.49. The lowest BCUT2D eigenvalue weighted by molar-refractivity contribution is -0.133. The van der Waals surface area contributed by atoms with Gasteiger partial charge in [-0.25, -0.2) is 0 Å². The van der Waals surface area contributed by atoms with Crippen molar-refractivity contribution in [3.05, 3.63) is 0 Å². The molecule has 0 aromatic heterocycles. The molecule has 1 rings (SSSR count). The maximum atomic E-state index is 12.1. The quantitative estimate of drug-likeness (QED) is 0.688. The van der Waals surface area contributed by atoms with Gasteiger partial charge in [-0.15, -0.1) is 0 Å². The average molecular weight is 223 g/mol. The molecule has 0 saturated carbocycles. The maximum absolute atomic E-state index is 12.1. The lowest BCUT2D eigenvalue weighted by atomic mass is 9.74. The van der Waals surface area contributed by atoms with Crippen molar-refractivity contribution in [1.29, 1.82) is 5.26 Å². The third kappa shape index (κ3) is 3.21. The first-order chi connectivity index (χ1) is 7.75. The Kier molecular flexibility index (Phi) is 5.27. The minimum absolute atomic E-state index is 0.145. The van der Waals surface area contributed by atoms with Gasteiger partial charge in [-0.2, -0.15) is 5.26 Å². The summed E-state index contributed by atoms with van der Waals surface area (Å²) in [4.78, 5) is 12.1. The van der Waals surface area contributed by atoms with E-state index >= 15 is 0 Å². The monoisotopic (exact) mass is 223 g/mol. The van der Waals surface area contributed by atoms with Crippen LogP contribution in [0.25, 0.3) is 0 Å². The van der Waals surface area contributed by atoms with Crippen LogP contribution in [0.3, 0.4) is 0 Å². The van der Waals surface area contributed by atoms with Gasteiger partial charge in [0.2, 0.25) is 5.91 Å². The summed E-state index contributed by atoms with van der Waals surface area (Å²) in [5.74, 6) is 0.145. The van der Waals surface area contributed by atoms with E-state index in [1.807, 2.05) is 6.07 Å². The second-order valence-corrected chi connectivity index (χ2v) is 4.44. The van der Waals surface area contributed by atoms with Gasteiger partial charge in [0.15, 0.2) is 0 Å². The lowest BCUT2D eigenvalue weighted by Crippen LogP contribution is -2.47. The fourth-order valence-electron chi connectivity index (χ4n) is 2.39. The van der Waals surface area contributed by atoms with Crippen molar-refractivity contribution in [3.8, 4) is 6.07 Å². The number of hydrogen-bond donors (Lipinski definition) is 2. The number of carbonyl (C=O) groups is 1. The van der Waals surface area contributed by atoms with Gasteiger partial charge in [0.1, 0.15) is 0 Å². The molecule has 1 amide bonds. The molecule has 0 aromatic rings. The van der Waals surface area contributed by atoms with Crippen LogP contribution in [0, 0.1) is 16.7 Å². The van der Waals surface area contributed by atoms with E-state index in [1.165, 1.54) is 0 Å². The van der Waals surface area contributed by atoms with E-state index in [2.05, 4.69) is 17.6 Å². The zero-order valence-corrected chi connectivity index (χ0v) is 10.0. The van der Waals surface area contributed by atoms with Gasteiger partial charge >= 0.3 is 0 Å². The molecule has 0 atom stereocenters. The Morgan fingerprint density at radius 3 is 2.75 bits per heavy atom. The lowest BCUT2D eigenvalue weighted by Gasteiger charge is -2.36. The van der Waals surface area contributed by atoms with Gasteiger partial charge in [-0.3, -0.25) is 4.79 Å². The molecule has 0 bridgehead atoms. The molecule has 0 unspecified atom stereocenters. The SMILES string of the molecule is CCCC1(C(=O)NCCC#N)CCNCC1. The predicted octanol–water partition coefficient (Wildman–Crippen LogP) is 1.19. The first-order valence-electron chi connectivity index (χ1n) is 6.11. The molecule has 0 aromatic carbocycles. The molecule has 4 nitrogen and oxygen atoms in total. The minimum Gasteiger partial charge on any atom is -0.355 e. The van der Waals surface area contributed by atoms with Crippen LogP contribution in [-0.4, -0.2) is 25.5 Å². The molecule has 0 aliphatic carbocycles. The number of nitrogens with one attached hydrogen (secondary N) is 2. The van der Waals surface area contributed by atoms with Crippen LogP contribution >= 0.6 is 0 Å². The third-order valence-electron chi connectivity index (χ3n) is 3.29. The van der Waals surface area contributed by atoms with Gasteiger partial charge in [0.25, 0.3) is 0 Å². The number of rotatable bonds is 5. The van der Waals surface area contributed by atoms with Crippen LogP contribution in [0.2, 0.25) is 0 Å². The van der Waals surface area contributed by atoms with Crippen LogP contribution in [-0.2, 0) is 4.79 Å². The van der Waals surface area contributed by atoms with Gasteiger partial charge in [-0.1, -0.05) is 13.3 Å². The highest BCUT2D eigenvalue weighted by Gasteiger charge is 2.38. The summed E-state index contributed by atoms with van der Waals surface area (Å²) < 4.78 is 0. The standard InChI is InChI=1S/C12H21N3O/c1-2-4-12(5-9-14-10-6-12)11(16)15-8-3-7-13/h14H,2-6,8-10H2,1H3,(H,15,16). The summed E-state index contributed by atoms with van der Waals surface area (Å²) in [6.07, 6.45) is 4.21. The smallest absolute Gasteiger partial charge is 0.226 e. The van der Waals surface area contributed by atoms with E-state index in [0.29, 0.717) is 13.0 Å². The summed E-state index contributed by atoms with van der Waals surface area (Å²) in [7, 11) is 0. The summed E-state index contributed by atoms with van der Waals surface area (Å²) >= 11 is 0. The van der Waals surface area contributed by atoms with Crippen molar-refractivity contribution in [2.24, 2.45) is 5.41 Å². The van der Waals surface area contributed by atoms with Gasteiger partial charge < -0.3 is 10.6 Å². The number of carbonyl (C=O) groups excluding carboxylic acids is 1. The zero-order chi connectivity index (χ0) is 11.9. The molecule has 0 radical (unpaired) electrons. The molecule has 1 saturated heterocycles. The molecule has 1 aliphatic rings. The van der Waals surface area contributed by atoms with E-state index in [4.69, 9.17) is 5.26 Å². The van der Waals surface area contributed by atoms with E-state index in [9.17, 15) is 4.79 Å². The molecule has 1 aliphatic heterocycles. The highest BCUT2D eigenvalue weighted by atomic mass is 16.2. The predicted molar refractivity (Wildman–Crippen MR) is 62.7 cm³/mol. The zero-order valence-electron chi connectivity index (χ0n) is 10.0. The molecule has 2 N–H and O–H groups in total. The largest absolute Gasteiger partial charge is 0.355 e. The number of piperidine rings is 1. The Balaban J connectivity index is 2.54. The summed E-state index contributed by atoms with van der Waals surface area (Å²) in [5, 5.41) is 14.6. The topological polar surface area (TPSA) is 64.9 Å². The van der Waals surface area contributed by atoms with E-state index in [0.717, 1.165) is 38.8 Å². The molecular weight excluding hydrogens is 202 g/mol. The summed E-state index contributed by atoms with van der Waals surface area (Å²) in [6, 6.07) is 2.04. The van der Waals surface area contributed by atoms with Crippen LogP contribution in [0.4, 0.5) is 0 Å². The van der Waals surface area contributed by atoms with Crippen molar-refractivity contribution < 1.29 is 4.79 Å². The van der Waals surface area contributed by atoms with Gasteiger partial charge in [0.05, 0.1) is 17.9 Å². The van der Waals surface area contributed by atoms with E-state index < -0.39 is 0 Å². The first kappa shape index (κ1) is 13.0. The average Bonchev–Trinajstić information content (AvgIpc) is 2.31. The Morgan fingerprint density at radius 1 is 1.50 bits per heavy atom. The van der Waals surface area contributed by atoms with Crippen LogP contribution in [0.5, 0.6) is 0 Å². The molecule has 4 heteroatoms. The number of nitriles is 1. The van der Waals surface area contributed by atoms with Gasteiger partial charge in [0, 0.05) is 6.54 Å². The fraction of sp³-hybridized carbons (Fsp3) is 0.833. The molecule has 16 heavy (non-hydrogen) atoms. The fourth-order valence-corrected chi connectivity index (χ4v) is 2.39. The normalized spacial score (nSPS) is 18.8. The van der Waals surface area contributed by atoms with Crippen molar-refractivity contribution in [1.82, 2.24) is 10.6 Å². The Hall–Kier alpha value is -1.08. The number of amides is 1. The van der Waals surface area contributed by atoms with E-state index in [1.54, 1.807) is 0 Å².